The van der Waals surface area contributed by atoms with Crippen molar-refractivity contribution in [3.63, 3.8) is 0 Å². The normalized spacial score (nSPS) is 14.4. The molecule has 0 saturated heterocycles. The maximum absolute atomic E-state index is 13.2. The Balaban J connectivity index is 1.96. The van der Waals surface area contributed by atoms with Gasteiger partial charge in [0.05, 0.1) is 22.5 Å². The summed E-state index contributed by atoms with van der Waals surface area (Å²) in [4.78, 5) is 30.9. The SMILES string of the molecule is CN(C)CCN(C)c1cccc2c1NC(=O)CN(c1ccc(C(F)(F)F)cc1)C2=O. The summed E-state index contributed by atoms with van der Waals surface area (Å²) in [6.07, 6.45) is -4.47. The quantitative estimate of drug-likeness (QED) is 0.807. The molecule has 2 amide bonds. The fraction of sp³-hybridized carbons (Fsp3) is 0.333. The molecule has 0 spiro atoms. The maximum atomic E-state index is 13.2. The Morgan fingerprint density at radius 1 is 1.00 bits per heavy atom. The van der Waals surface area contributed by atoms with Crippen LogP contribution < -0.4 is 15.1 Å². The number of alkyl halides is 3. The summed E-state index contributed by atoms with van der Waals surface area (Å²) in [6.45, 7) is 1.16. The molecule has 0 saturated carbocycles. The number of para-hydroxylation sites is 1. The first-order chi connectivity index (χ1) is 14.1. The van der Waals surface area contributed by atoms with E-state index < -0.39 is 23.6 Å². The largest absolute Gasteiger partial charge is 0.416 e. The maximum Gasteiger partial charge on any atom is 0.416 e. The fourth-order valence-corrected chi connectivity index (χ4v) is 3.22. The van der Waals surface area contributed by atoms with E-state index in [1.165, 1.54) is 17.0 Å². The highest BCUT2D eigenvalue weighted by Crippen LogP contribution is 2.34. The van der Waals surface area contributed by atoms with Crippen LogP contribution in [0.1, 0.15) is 15.9 Å². The van der Waals surface area contributed by atoms with Gasteiger partial charge in [0.25, 0.3) is 5.91 Å². The van der Waals surface area contributed by atoms with Crippen LogP contribution in [0.2, 0.25) is 0 Å². The highest BCUT2D eigenvalue weighted by Gasteiger charge is 2.32. The van der Waals surface area contributed by atoms with Gasteiger partial charge in [-0.1, -0.05) is 6.07 Å². The molecule has 2 aromatic rings. The number of carbonyl (C=O) groups excluding carboxylic acids is 2. The van der Waals surface area contributed by atoms with Crippen molar-refractivity contribution in [1.29, 1.82) is 0 Å². The van der Waals surface area contributed by atoms with Crippen LogP contribution in [0.25, 0.3) is 0 Å². The van der Waals surface area contributed by atoms with E-state index in [0.717, 1.165) is 18.7 Å². The Morgan fingerprint density at radius 2 is 1.67 bits per heavy atom. The van der Waals surface area contributed by atoms with Crippen LogP contribution in [0.5, 0.6) is 0 Å². The van der Waals surface area contributed by atoms with Gasteiger partial charge in [-0.05, 0) is 50.5 Å². The summed E-state index contributed by atoms with van der Waals surface area (Å²) >= 11 is 0. The van der Waals surface area contributed by atoms with Crippen molar-refractivity contribution in [3.05, 3.63) is 53.6 Å². The number of halogens is 3. The van der Waals surface area contributed by atoms with E-state index in [1.807, 2.05) is 37.0 Å². The molecular weight excluding hydrogens is 397 g/mol. The number of rotatable bonds is 5. The average molecular weight is 420 g/mol. The van der Waals surface area contributed by atoms with Gasteiger partial charge in [-0.15, -0.1) is 0 Å². The van der Waals surface area contributed by atoms with E-state index in [1.54, 1.807) is 12.1 Å². The number of amides is 2. The number of hydrogen-bond acceptors (Lipinski definition) is 4. The molecule has 0 fully saturated rings. The molecule has 1 heterocycles. The van der Waals surface area contributed by atoms with E-state index in [0.29, 0.717) is 17.9 Å². The molecule has 3 rings (SSSR count). The number of carbonyl (C=O) groups is 2. The minimum Gasteiger partial charge on any atom is -0.372 e. The third kappa shape index (κ3) is 4.56. The Labute approximate surface area is 172 Å². The van der Waals surface area contributed by atoms with E-state index in [4.69, 9.17) is 0 Å². The lowest BCUT2D eigenvalue weighted by Crippen LogP contribution is -2.35. The molecule has 0 aromatic heterocycles. The summed E-state index contributed by atoms with van der Waals surface area (Å²) in [5.41, 5.74) is 0.800. The second-order valence-corrected chi connectivity index (χ2v) is 7.41. The predicted octanol–water partition coefficient (Wildman–Crippen LogP) is 3.30. The van der Waals surface area contributed by atoms with Gasteiger partial charge in [0, 0.05) is 25.8 Å². The first-order valence-corrected chi connectivity index (χ1v) is 9.36. The molecular formula is C21H23F3N4O2. The lowest BCUT2D eigenvalue weighted by atomic mass is 10.1. The highest BCUT2D eigenvalue weighted by atomic mass is 19.4. The Hall–Kier alpha value is -3.07. The molecule has 160 valence electrons. The second-order valence-electron chi connectivity index (χ2n) is 7.41. The Kier molecular flexibility index (Phi) is 6.02. The van der Waals surface area contributed by atoms with E-state index in [-0.39, 0.29) is 17.8 Å². The van der Waals surface area contributed by atoms with Crippen LogP contribution in [-0.2, 0) is 11.0 Å². The first-order valence-electron chi connectivity index (χ1n) is 9.36. The zero-order chi connectivity index (χ0) is 22.1. The van der Waals surface area contributed by atoms with Crippen molar-refractivity contribution in [3.8, 4) is 0 Å². The number of anilines is 3. The topological polar surface area (TPSA) is 55.9 Å². The number of likely N-dealkylation sites (N-methyl/N-ethyl adjacent to an activating group) is 2. The third-order valence-electron chi connectivity index (χ3n) is 4.88. The van der Waals surface area contributed by atoms with Crippen molar-refractivity contribution in [1.82, 2.24) is 4.90 Å². The van der Waals surface area contributed by atoms with E-state index >= 15 is 0 Å². The van der Waals surface area contributed by atoms with Gasteiger partial charge in [-0.2, -0.15) is 13.2 Å². The molecule has 9 heteroatoms. The summed E-state index contributed by atoms with van der Waals surface area (Å²) in [5, 5.41) is 2.79. The molecule has 6 nitrogen and oxygen atoms in total. The van der Waals surface area contributed by atoms with Gasteiger partial charge in [0.2, 0.25) is 5.91 Å². The lowest BCUT2D eigenvalue weighted by molar-refractivity contribution is -0.137. The van der Waals surface area contributed by atoms with Gasteiger partial charge >= 0.3 is 6.18 Å². The zero-order valence-corrected chi connectivity index (χ0v) is 17.0. The lowest BCUT2D eigenvalue weighted by Gasteiger charge is -2.25. The minimum absolute atomic E-state index is 0.224. The molecule has 1 aliphatic heterocycles. The molecule has 1 N–H and O–H groups in total. The number of fused-ring (bicyclic) bond motifs is 1. The predicted molar refractivity (Wildman–Crippen MR) is 110 cm³/mol. The van der Waals surface area contributed by atoms with Crippen molar-refractivity contribution in [2.75, 3.05) is 55.9 Å². The summed E-state index contributed by atoms with van der Waals surface area (Å²) in [5.74, 6) is -0.874. The molecule has 1 aliphatic rings. The van der Waals surface area contributed by atoms with Crippen LogP contribution >= 0.6 is 0 Å². The average Bonchev–Trinajstić information content (AvgIpc) is 2.81. The van der Waals surface area contributed by atoms with Gasteiger partial charge < -0.3 is 15.1 Å². The summed E-state index contributed by atoms with van der Waals surface area (Å²) < 4.78 is 38.5. The van der Waals surface area contributed by atoms with Crippen LogP contribution in [0.15, 0.2) is 42.5 Å². The first kappa shape index (κ1) is 21.6. The third-order valence-corrected chi connectivity index (χ3v) is 4.88. The van der Waals surface area contributed by atoms with Gasteiger partial charge in [0.15, 0.2) is 0 Å². The van der Waals surface area contributed by atoms with Crippen molar-refractivity contribution >= 4 is 28.9 Å². The number of benzene rings is 2. The van der Waals surface area contributed by atoms with Crippen molar-refractivity contribution < 1.29 is 22.8 Å². The molecule has 0 aliphatic carbocycles. The van der Waals surface area contributed by atoms with E-state index in [2.05, 4.69) is 5.32 Å². The molecule has 30 heavy (non-hydrogen) atoms. The second kappa shape index (κ2) is 8.35. The standard InChI is InChI=1S/C21H23F3N4O2/c1-26(2)11-12-27(3)17-6-4-5-16-19(17)25-18(29)13-28(20(16)30)15-9-7-14(8-10-15)21(22,23)24/h4-10H,11-13H2,1-3H3,(H,25,29). The summed E-state index contributed by atoms with van der Waals surface area (Å²) in [7, 11) is 5.77. The van der Waals surface area contributed by atoms with Gasteiger partial charge in [0.1, 0.15) is 6.54 Å². The van der Waals surface area contributed by atoms with Crippen molar-refractivity contribution in [2.45, 2.75) is 6.18 Å². The van der Waals surface area contributed by atoms with E-state index in [9.17, 15) is 22.8 Å². The molecule has 0 unspecified atom stereocenters. The number of hydrogen-bond donors (Lipinski definition) is 1. The highest BCUT2D eigenvalue weighted by molar-refractivity contribution is 6.18. The molecule has 0 atom stereocenters. The summed E-state index contributed by atoms with van der Waals surface area (Å²) in [6, 6.07) is 9.34. The minimum atomic E-state index is -4.47. The Morgan fingerprint density at radius 3 is 2.27 bits per heavy atom. The smallest absolute Gasteiger partial charge is 0.372 e. The zero-order valence-electron chi connectivity index (χ0n) is 17.0. The molecule has 2 aromatic carbocycles. The van der Waals surface area contributed by atoms with Crippen LogP contribution in [-0.4, -0.2) is 57.5 Å². The number of nitrogens with one attached hydrogen (secondary N) is 1. The van der Waals surface area contributed by atoms with Crippen LogP contribution in [0.4, 0.5) is 30.2 Å². The molecule has 0 radical (unpaired) electrons. The van der Waals surface area contributed by atoms with Gasteiger partial charge in [-0.25, -0.2) is 0 Å². The fourth-order valence-electron chi connectivity index (χ4n) is 3.22. The monoisotopic (exact) mass is 420 g/mol. The Bertz CT molecular complexity index is 942. The van der Waals surface area contributed by atoms with Gasteiger partial charge in [-0.3, -0.25) is 14.5 Å². The number of nitrogens with zero attached hydrogens (tertiary/aromatic N) is 3. The van der Waals surface area contributed by atoms with Crippen LogP contribution in [0, 0.1) is 0 Å². The molecule has 0 bridgehead atoms. The van der Waals surface area contributed by atoms with Crippen LogP contribution in [0.3, 0.4) is 0 Å². The van der Waals surface area contributed by atoms with Crippen molar-refractivity contribution in [2.24, 2.45) is 0 Å².